The van der Waals surface area contributed by atoms with E-state index in [4.69, 9.17) is 17.3 Å². The van der Waals surface area contributed by atoms with Gasteiger partial charge in [-0.3, -0.25) is 4.40 Å². The predicted molar refractivity (Wildman–Crippen MR) is 77.6 cm³/mol. The third-order valence-electron chi connectivity index (χ3n) is 2.95. The largest absolute Gasteiger partial charge is 0.398 e. The molecule has 98 valence electrons. The summed E-state index contributed by atoms with van der Waals surface area (Å²) in [4.78, 5) is 5.36. The Morgan fingerprint density at radius 3 is 3.05 bits per heavy atom. The van der Waals surface area contributed by atoms with Crippen molar-refractivity contribution in [1.82, 2.24) is 9.38 Å². The summed E-state index contributed by atoms with van der Waals surface area (Å²) in [7, 11) is 0. The molecule has 2 heterocycles. The summed E-state index contributed by atoms with van der Waals surface area (Å²) in [6.45, 7) is 0. The summed E-state index contributed by atoms with van der Waals surface area (Å²) in [6.07, 6.45) is 3.61. The average molecular weight is 294 g/mol. The van der Waals surface area contributed by atoms with Gasteiger partial charge >= 0.3 is 0 Å². The maximum Gasteiger partial charge on any atom is 0.193 e. The Balaban J connectivity index is 1.84. The quantitative estimate of drug-likeness (QED) is 0.730. The van der Waals surface area contributed by atoms with Gasteiger partial charge in [0.2, 0.25) is 0 Å². The summed E-state index contributed by atoms with van der Waals surface area (Å²) in [5, 5.41) is 12.8. The molecule has 0 aliphatic carbocycles. The minimum Gasteiger partial charge on any atom is -0.398 e. The molecule has 0 saturated heterocycles. The molecule has 1 atom stereocenters. The van der Waals surface area contributed by atoms with Crippen LogP contribution in [-0.2, 0) is 6.42 Å². The molecule has 0 amide bonds. The molecule has 3 N–H and O–H groups in total. The van der Waals surface area contributed by atoms with Gasteiger partial charge in [-0.05, 0) is 12.1 Å². The zero-order chi connectivity index (χ0) is 13.4. The first kappa shape index (κ1) is 12.5. The number of hydrogen-bond donors (Lipinski definition) is 2. The van der Waals surface area contributed by atoms with Gasteiger partial charge in [0.1, 0.15) is 0 Å². The number of imidazole rings is 1. The van der Waals surface area contributed by atoms with E-state index in [9.17, 15) is 5.11 Å². The van der Waals surface area contributed by atoms with Crippen LogP contribution in [0.2, 0.25) is 5.02 Å². The summed E-state index contributed by atoms with van der Waals surface area (Å²) in [5.74, 6) is 0. The van der Waals surface area contributed by atoms with Gasteiger partial charge in [0, 0.05) is 40.5 Å². The van der Waals surface area contributed by atoms with Crippen LogP contribution in [0.3, 0.4) is 0 Å². The fourth-order valence-corrected chi connectivity index (χ4v) is 2.93. The molecule has 4 nitrogen and oxygen atoms in total. The third-order valence-corrected chi connectivity index (χ3v) is 3.96. The van der Waals surface area contributed by atoms with Gasteiger partial charge in [0.15, 0.2) is 4.96 Å². The lowest BCUT2D eigenvalue weighted by molar-refractivity contribution is 0.178. The maximum atomic E-state index is 10.2. The van der Waals surface area contributed by atoms with Gasteiger partial charge in [-0.2, -0.15) is 0 Å². The molecule has 0 bridgehead atoms. The Kier molecular flexibility index (Phi) is 3.18. The van der Waals surface area contributed by atoms with Gasteiger partial charge in [0.05, 0.1) is 11.8 Å². The second-order valence-corrected chi connectivity index (χ2v) is 5.63. The predicted octanol–water partition coefficient (Wildman–Crippen LogP) is 2.91. The standard InChI is InChI=1S/C13H12ClN3OS/c14-8-1-2-10(11(15)5-8)12(18)6-9-7-17-3-4-19-13(17)16-9/h1-5,7,12,18H,6,15H2. The Labute approximate surface area is 119 Å². The average Bonchev–Trinajstić information content (AvgIpc) is 2.89. The minimum atomic E-state index is -0.679. The van der Waals surface area contributed by atoms with Crippen LogP contribution in [-0.4, -0.2) is 14.5 Å². The lowest BCUT2D eigenvalue weighted by Gasteiger charge is -2.12. The van der Waals surface area contributed by atoms with Crippen molar-refractivity contribution in [3.05, 3.63) is 52.3 Å². The second-order valence-electron chi connectivity index (χ2n) is 4.32. The number of anilines is 1. The monoisotopic (exact) mass is 293 g/mol. The molecule has 0 radical (unpaired) electrons. The number of aromatic nitrogens is 2. The summed E-state index contributed by atoms with van der Waals surface area (Å²) >= 11 is 7.41. The van der Waals surface area contributed by atoms with Crippen molar-refractivity contribution in [2.75, 3.05) is 5.73 Å². The van der Waals surface area contributed by atoms with Crippen LogP contribution in [0, 0.1) is 0 Å². The Hall–Kier alpha value is -1.56. The number of fused-ring (bicyclic) bond motifs is 1. The number of aliphatic hydroxyl groups is 1. The van der Waals surface area contributed by atoms with Crippen molar-refractivity contribution in [3.63, 3.8) is 0 Å². The number of halogens is 1. The number of benzene rings is 1. The van der Waals surface area contributed by atoms with Crippen molar-refractivity contribution in [3.8, 4) is 0 Å². The van der Waals surface area contributed by atoms with Gasteiger partial charge < -0.3 is 10.8 Å². The molecule has 0 aliphatic heterocycles. The first-order valence-corrected chi connectivity index (χ1v) is 7.03. The zero-order valence-electron chi connectivity index (χ0n) is 9.95. The van der Waals surface area contributed by atoms with Crippen LogP contribution in [0.1, 0.15) is 17.4 Å². The van der Waals surface area contributed by atoms with E-state index in [-0.39, 0.29) is 0 Å². The number of aliphatic hydroxyl groups excluding tert-OH is 1. The lowest BCUT2D eigenvalue weighted by Crippen LogP contribution is -2.05. The summed E-state index contributed by atoms with van der Waals surface area (Å²) in [6, 6.07) is 5.12. The van der Waals surface area contributed by atoms with E-state index >= 15 is 0 Å². The van der Waals surface area contributed by atoms with Crippen molar-refractivity contribution in [2.24, 2.45) is 0 Å². The molecular weight excluding hydrogens is 282 g/mol. The van der Waals surface area contributed by atoms with Crippen molar-refractivity contribution in [1.29, 1.82) is 0 Å². The molecule has 6 heteroatoms. The van der Waals surface area contributed by atoms with Crippen molar-refractivity contribution >= 4 is 33.6 Å². The highest BCUT2D eigenvalue weighted by molar-refractivity contribution is 7.15. The third kappa shape index (κ3) is 2.45. The van der Waals surface area contributed by atoms with Crippen LogP contribution in [0.5, 0.6) is 0 Å². The highest BCUT2D eigenvalue weighted by Crippen LogP contribution is 2.26. The normalized spacial score (nSPS) is 12.9. The number of hydrogen-bond acceptors (Lipinski definition) is 4. The van der Waals surface area contributed by atoms with Crippen LogP contribution in [0.25, 0.3) is 4.96 Å². The van der Waals surface area contributed by atoms with E-state index in [1.807, 2.05) is 22.2 Å². The topological polar surface area (TPSA) is 63.5 Å². The Morgan fingerprint density at radius 1 is 1.47 bits per heavy atom. The van der Waals surface area contributed by atoms with Gasteiger partial charge in [-0.25, -0.2) is 4.98 Å². The highest BCUT2D eigenvalue weighted by Gasteiger charge is 2.14. The molecule has 1 unspecified atom stereocenters. The molecule has 19 heavy (non-hydrogen) atoms. The molecule has 2 aromatic heterocycles. The van der Waals surface area contributed by atoms with Crippen molar-refractivity contribution in [2.45, 2.75) is 12.5 Å². The number of thiazole rings is 1. The lowest BCUT2D eigenvalue weighted by atomic mass is 10.0. The van der Waals surface area contributed by atoms with E-state index in [0.717, 1.165) is 10.7 Å². The maximum absolute atomic E-state index is 10.2. The van der Waals surface area contributed by atoms with Crippen LogP contribution >= 0.6 is 22.9 Å². The van der Waals surface area contributed by atoms with E-state index in [0.29, 0.717) is 22.7 Å². The number of nitrogen functional groups attached to an aromatic ring is 1. The smallest absolute Gasteiger partial charge is 0.193 e. The molecule has 0 spiro atoms. The van der Waals surface area contributed by atoms with Gasteiger partial charge in [-0.1, -0.05) is 17.7 Å². The van der Waals surface area contributed by atoms with E-state index < -0.39 is 6.10 Å². The van der Waals surface area contributed by atoms with Gasteiger partial charge in [-0.15, -0.1) is 11.3 Å². The highest BCUT2D eigenvalue weighted by atomic mass is 35.5. The molecule has 0 fully saturated rings. The molecule has 0 aliphatic rings. The number of rotatable bonds is 3. The fraction of sp³-hybridized carbons (Fsp3) is 0.154. The van der Waals surface area contributed by atoms with E-state index in [1.165, 1.54) is 0 Å². The molecule has 3 aromatic rings. The minimum absolute atomic E-state index is 0.431. The molecule has 0 saturated carbocycles. The van der Waals surface area contributed by atoms with Crippen molar-refractivity contribution < 1.29 is 5.11 Å². The summed E-state index contributed by atoms with van der Waals surface area (Å²) in [5.41, 5.74) is 7.89. The van der Waals surface area contributed by atoms with Gasteiger partial charge in [0.25, 0.3) is 0 Å². The fourth-order valence-electron chi connectivity index (χ4n) is 2.03. The number of nitrogens with zero attached hydrogens (tertiary/aromatic N) is 2. The van der Waals surface area contributed by atoms with E-state index in [1.54, 1.807) is 29.5 Å². The molecule has 3 rings (SSSR count). The first-order chi connectivity index (χ1) is 9.13. The van der Waals surface area contributed by atoms with E-state index in [2.05, 4.69) is 4.98 Å². The SMILES string of the molecule is Nc1cc(Cl)ccc1C(O)Cc1cn2ccsc2n1. The Bertz CT molecular complexity index is 693. The van der Waals surface area contributed by atoms with Crippen LogP contribution in [0.4, 0.5) is 5.69 Å². The summed E-state index contributed by atoms with van der Waals surface area (Å²) < 4.78 is 1.94. The van der Waals surface area contributed by atoms with Crippen LogP contribution in [0.15, 0.2) is 36.0 Å². The van der Waals surface area contributed by atoms with Crippen LogP contribution < -0.4 is 5.73 Å². The molecular formula is C13H12ClN3OS. The molecule has 1 aromatic carbocycles. The number of nitrogens with two attached hydrogens (primary N) is 1. The second kappa shape index (κ2) is 4.85. The zero-order valence-corrected chi connectivity index (χ0v) is 11.5. The Morgan fingerprint density at radius 2 is 2.32 bits per heavy atom. The first-order valence-electron chi connectivity index (χ1n) is 5.77.